The number of hydrogen-bond acceptors (Lipinski definition) is 3. The van der Waals surface area contributed by atoms with Gasteiger partial charge in [0.05, 0.1) is 5.60 Å². The van der Waals surface area contributed by atoms with Crippen LogP contribution in [0.15, 0.2) is 30.3 Å². The number of benzene rings is 1. The first-order valence-corrected chi connectivity index (χ1v) is 6.30. The summed E-state index contributed by atoms with van der Waals surface area (Å²) in [6.07, 6.45) is 1.05. The molecule has 0 radical (unpaired) electrons. The van der Waals surface area contributed by atoms with Crippen LogP contribution in [0, 0.1) is 0 Å². The van der Waals surface area contributed by atoms with Crippen LogP contribution in [0.5, 0.6) is 0 Å². The molecule has 1 aliphatic rings. The van der Waals surface area contributed by atoms with E-state index in [1.807, 2.05) is 37.3 Å². The molecule has 0 bridgehead atoms. The molecule has 1 saturated heterocycles. The predicted molar refractivity (Wildman–Crippen MR) is 68.5 cm³/mol. The summed E-state index contributed by atoms with van der Waals surface area (Å²) in [7, 11) is 0. The zero-order chi connectivity index (χ0) is 13.2. The average molecular weight is 249 g/mol. The first-order chi connectivity index (χ1) is 8.57. The van der Waals surface area contributed by atoms with E-state index >= 15 is 0 Å². The van der Waals surface area contributed by atoms with Crippen molar-refractivity contribution in [3.63, 3.8) is 0 Å². The van der Waals surface area contributed by atoms with Crippen LogP contribution in [0.25, 0.3) is 0 Å². The van der Waals surface area contributed by atoms with Crippen LogP contribution in [0.1, 0.15) is 31.2 Å². The largest absolute Gasteiger partial charge is 0.480 e. The van der Waals surface area contributed by atoms with Gasteiger partial charge in [-0.1, -0.05) is 37.3 Å². The SMILES string of the molecule is CCC(c1ccccc1)C1(O)CN[C@H](C(=O)O)C1. The Balaban J connectivity index is 2.21. The molecular formula is C14H19NO3. The molecule has 4 nitrogen and oxygen atoms in total. The molecule has 4 heteroatoms. The Morgan fingerprint density at radius 1 is 1.50 bits per heavy atom. The number of aliphatic carboxylic acids is 1. The van der Waals surface area contributed by atoms with Crippen LogP contribution in [0.3, 0.4) is 0 Å². The zero-order valence-electron chi connectivity index (χ0n) is 10.5. The molecule has 3 N–H and O–H groups in total. The first-order valence-electron chi connectivity index (χ1n) is 6.30. The lowest BCUT2D eigenvalue weighted by Gasteiger charge is -2.31. The van der Waals surface area contributed by atoms with Crippen LogP contribution in [0.4, 0.5) is 0 Å². The van der Waals surface area contributed by atoms with Crippen LogP contribution in [-0.4, -0.2) is 34.4 Å². The van der Waals surface area contributed by atoms with E-state index in [-0.39, 0.29) is 12.3 Å². The molecule has 1 fully saturated rings. The summed E-state index contributed by atoms with van der Waals surface area (Å²) in [5.74, 6) is -0.926. The van der Waals surface area contributed by atoms with Crippen LogP contribution < -0.4 is 5.32 Å². The maximum Gasteiger partial charge on any atom is 0.320 e. The molecule has 1 aromatic rings. The Labute approximate surface area is 107 Å². The van der Waals surface area contributed by atoms with Crippen molar-refractivity contribution in [2.45, 2.75) is 37.3 Å². The minimum atomic E-state index is -0.973. The van der Waals surface area contributed by atoms with Crippen molar-refractivity contribution in [3.05, 3.63) is 35.9 Å². The normalized spacial score (nSPS) is 29.1. The molecule has 0 saturated carbocycles. The van der Waals surface area contributed by atoms with Gasteiger partial charge >= 0.3 is 5.97 Å². The fourth-order valence-corrected chi connectivity index (χ4v) is 2.85. The van der Waals surface area contributed by atoms with E-state index < -0.39 is 17.6 Å². The van der Waals surface area contributed by atoms with Crippen molar-refractivity contribution in [1.82, 2.24) is 5.32 Å². The summed E-state index contributed by atoms with van der Waals surface area (Å²) in [6.45, 7) is 2.35. The van der Waals surface area contributed by atoms with Gasteiger partial charge in [0.1, 0.15) is 6.04 Å². The van der Waals surface area contributed by atoms with Crippen molar-refractivity contribution in [2.75, 3.05) is 6.54 Å². The van der Waals surface area contributed by atoms with Crippen LogP contribution >= 0.6 is 0 Å². The smallest absolute Gasteiger partial charge is 0.320 e. The lowest BCUT2D eigenvalue weighted by molar-refractivity contribution is -0.139. The second-order valence-electron chi connectivity index (χ2n) is 4.95. The summed E-state index contributed by atoms with van der Waals surface area (Å²) in [4.78, 5) is 11.0. The van der Waals surface area contributed by atoms with Crippen LogP contribution in [-0.2, 0) is 4.79 Å². The highest BCUT2D eigenvalue weighted by Crippen LogP contribution is 2.37. The van der Waals surface area contributed by atoms with Crippen molar-refractivity contribution in [2.24, 2.45) is 0 Å². The molecule has 98 valence electrons. The van der Waals surface area contributed by atoms with Crippen molar-refractivity contribution in [3.8, 4) is 0 Å². The number of carbonyl (C=O) groups is 1. The summed E-state index contributed by atoms with van der Waals surface area (Å²) in [6, 6.07) is 9.15. The maximum atomic E-state index is 11.0. The molecule has 1 heterocycles. The second-order valence-corrected chi connectivity index (χ2v) is 4.95. The quantitative estimate of drug-likeness (QED) is 0.753. The second kappa shape index (κ2) is 5.08. The predicted octanol–water partition coefficient (Wildman–Crippen LogP) is 1.36. The summed E-state index contributed by atoms with van der Waals surface area (Å²) in [5, 5.41) is 22.6. The Morgan fingerprint density at radius 3 is 2.67 bits per heavy atom. The van der Waals surface area contributed by atoms with E-state index in [0.29, 0.717) is 6.54 Å². The highest BCUT2D eigenvalue weighted by Gasteiger charge is 2.45. The fourth-order valence-electron chi connectivity index (χ4n) is 2.85. The summed E-state index contributed by atoms with van der Waals surface area (Å²) >= 11 is 0. The number of nitrogens with one attached hydrogen (secondary N) is 1. The lowest BCUT2D eigenvalue weighted by atomic mass is 9.79. The van der Waals surface area contributed by atoms with E-state index in [2.05, 4.69) is 5.32 Å². The van der Waals surface area contributed by atoms with Gasteiger partial charge in [-0.3, -0.25) is 4.79 Å². The van der Waals surface area contributed by atoms with Crippen LogP contribution in [0.2, 0.25) is 0 Å². The Bertz CT molecular complexity index is 420. The topological polar surface area (TPSA) is 69.6 Å². The Hall–Kier alpha value is -1.39. The van der Waals surface area contributed by atoms with Gasteiger partial charge in [-0.05, 0) is 12.0 Å². The third-order valence-electron chi connectivity index (χ3n) is 3.77. The Morgan fingerprint density at radius 2 is 2.17 bits per heavy atom. The molecule has 0 amide bonds. The number of carboxylic acid groups (broad SMARTS) is 1. The van der Waals surface area contributed by atoms with E-state index in [1.165, 1.54) is 0 Å². The van der Waals surface area contributed by atoms with Crippen molar-refractivity contribution >= 4 is 5.97 Å². The summed E-state index contributed by atoms with van der Waals surface area (Å²) in [5.41, 5.74) is 0.0921. The van der Waals surface area contributed by atoms with Crippen molar-refractivity contribution < 1.29 is 15.0 Å². The summed E-state index contributed by atoms with van der Waals surface area (Å²) < 4.78 is 0. The van der Waals surface area contributed by atoms with Crippen molar-refractivity contribution in [1.29, 1.82) is 0 Å². The molecular weight excluding hydrogens is 230 g/mol. The minimum Gasteiger partial charge on any atom is -0.480 e. The molecule has 0 aromatic heterocycles. The molecule has 2 rings (SSSR count). The number of β-amino-alcohol motifs (C(OH)–C–C–N with tert-alkyl or cyclic N) is 1. The van der Waals surface area contributed by atoms with E-state index in [4.69, 9.17) is 5.11 Å². The van der Waals surface area contributed by atoms with E-state index in [0.717, 1.165) is 12.0 Å². The zero-order valence-corrected chi connectivity index (χ0v) is 10.5. The molecule has 0 spiro atoms. The van der Waals surface area contributed by atoms with Gasteiger partial charge in [0.2, 0.25) is 0 Å². The molecule has 2 unspecified atom stereocenters. The number of rotatable bonds is 4. The van der Waals surface area contributed by atoms with Gasteiger partial charge < -0.3 is 15.5 Å². The standard InChI is InChI=1S/C14H19NO3/c1-2-11(10-6-4-3-5-7-10)14(18)8-12(13(16)17)15-9-14/h3-7,11-12,15,18H,2,8-9H2,1H3,(H,16,17)/t11?,12-,14?/m0/s1. The lowest BCUT2D eigenvalue weighted by Crippen LogP contribution is -2.38. The fraction of sp³-hybridized carbons (Fsp3) is 0.500. The van der Waals surface area contributed by atoms with Gasteiger partial charge in [0.25, 0.3) is 0 Å². The monoisotopic (exact) mass is 249 g/mol. The number of carboxylic acids is 1. The molecule has 0 aliphatic carbocycles. The third kappa shape index (κ3) is 2.40. The molecule has 1 aliphatic heterocycles. The van der Waals surface area contributed by atoms with Gasteiger partial charge in [0.15, 0.2) is 0 Å². The Kier molecular flexibility index (Phi) is 3.68. The molecule has 3 atom stereocenters. The average Bonchev–Trinajstić information content (AvgIpc) is 2.75. The number of aliphatic hydroxyl groups is 1. The van der Waals surface area contributed by atoms with Gasteiger partial charge in [0, 0.05) is 18.9 Å². The third-order valence-corrected chi connectivity index (χ3v) is 3.77. The minimum absolute atomic E-state index is 0.0319. The van der Waals surface area contributed by atoms with Gasteiger partial charge in [-0.25, -0.2) is 0 Å². The van der Waals surface area contributed by atoms with Gasteiger partial charge in [-0.2, -0.15) is 0 Å². The first kappa shape index (κ1) is 13.1. The maximum absolute atomic E-state index is 11.0. The number of hydrogen-bond donors (Lipinski definition) is 3. The molecule has 1 aromatic carbocycles. The highest BCUT2D eigenvalue weighted by molar-refractivity contribution is 5.74. The molecule has 18 heavy (non-hydrogen) atoms. The highest BCUT2D eigenvalue weighted by atomic mass is 16.4. The van der Waals surface area contributed by atoms with E-state index in [9.17, 15) is 9.90 Å². The van der Waals surface area contributed by atoms with Gasteiger partial charge in [-0.15, -0.1) is 0 Å². The van der Waals surface area contributed by atoms with E-state index in [1.54, 1.807) is 0 Å².